The second-order valence-corrected chi connectivity index (χ2v) is 7.16. The lowest BCUT2D eigenvalue weighted by molar-refractivity contribution is -0.142. The fourth-order valence-corrected chi connectivity index (χ4v) is 3.42. The average Bonchev–Trinajstić information content (AvgIpc) is 2.58. The highest BCUT2D eigenvalue weighted by molar-refractivity contribution is 5.52. The van der Waals surface area contributed by atoms with Crippen LogP contribution in [-0.4, -0.2) is 13.1 Å². The minimum Gasteiger partial charge on any atom is -0.369 e. The first-order valence-corrected chi connectivity index (χ1v) is 9.56. The molecule has 2 unspecified atom stereocenters. The monoisotopic (exact) mass is 397 g/mol. The van der Waals surface area contributed by atoms with E-state index in [2.05, 4.69) is 13.8 Å². The molecule has 0 amide bonds. The van der Waals surface area contributed by atoms with Crippen molar-refractivity contribution in [2.24, 2.45) is 11.8 Å². The Morgan fingerprint density at radius 1 is 0.963 bits per heavy atom. The molecule has 156 valence electrons. The Hall–Kier alpha value is -1.40. The number of hydrogen-bond acceptors (Lipinski definition) is 1. The lowest BCUT2D eigenvalue weighted by Gasteiger charge is -2.29. The zero-order valence-electron chi connectivity index (χ0n) is 16.4. The maximum atomic E-state index is 14.4. The summed E-state index contributed by atoms with van der Waals surface area (Å²) < 4.78 is 80.5. The molecule has 0 aliphatic rings. The molecule has 0 bridgehead atoms. The highest BCUT2D eigenvalue weighted by Gasteiger charge is 2.41. The lowest BCUT2D eigenvalue weighted by Crippen LogP contribution is -2.30. The summed E-state index contributed by atoms with van der Waals surface area (Å²) in [7, 11) is 0. The molecule has 0 heterocycles. The van der Waals surface area contributed by atoms with E-state index in [1.165, 1.54) is 4.90 Å². The van der Waals surface area contributed by atoms with Crippen molar-refractivity contribution in [2.45, 2.75) is 66.0 Å². The first-order chi connectivity index (χ1) is 12.6. The van der Waals surface area contributed by atoms with Gasteiger partial charge in [0.25, 0.3) is 0 Å². The van der Waals surface area contributed by atoms with Crippen molar-refractivity contribution in [3.63, 3.8) is 0 Å². The van der Waals surface area contributed by atoms with Crippen LogP contribution in [-0.2, 0) is 6.18 Å². The van der Waals surface area contributed by atoms with E-state index in [-0.39, 0.29) is 19.0 Å². The third-order valence-corrected chi connectivity index (χ3v) is 5.02. The molecule has 2 atom stereocenters. The summed E-state index contributed by atoms with van der Waals surface area (Å²) in [6.07, 6.45) is -0.208. The molecule has 0 aromatic heterocycles. The SMILES string of the molecule is CCCC(CC)CCC(C)CN(CC)c1cc(F)c(F)c(C(F)(F)F)c1F. The van der Waals surface area contributed by atoms with E-state index >= 15 is 0 Å². The zero-order valence-corrected chi connectivity index (χ0v) is 16.4. The first kappa shape index (κ1) is 23.6. The fraction of sp³-hybridized carbons (Fsp3) is 0.700. The van der Waals surface area contributed by atoms with Crippen LogP contribution in [0.1, 0.15) is 65.4 Å². The standard InChI is InChI=1S/C20H29F6N/c1-5-8-14(6-2)10-9-13(4)12-27(7-3)16-11-15(21)18(22)17(19(16)23)20(24,25)26/h11,13-14H,5-10,12H2,1-4H3. The molecule has 7 heteroatoms. The van der Waals surface area contributed by atoms with Gasteiger partial charge in [0.05, 0.1) is 5.69 Å². The lowest BCUT2D eigenvalue weighted by atomic mass is 9.91. The van der Waals surface area contributed by atoms with Crippen LogP contribution in [0.25, 0.3) is 0 Å². The molecule has 0 radical (unpaired) electrons. The molecule has 27 heavy (non-hydrogen) atoms. The van der Waals surface area contributed by atoms with Gasteiger partial charge in [-0.2, -0.15) is 13.2 Å². The van der Waals surface area contributed by atoms with Gasteiger partial charge < -0.3 is 4.90 Å². The third kappa shape index (κ3) is 6.32. The maximum Gasteiger partial charge on any atom is 0.422 e. The minimum absolute atomic E-state index is 0.0812. The Morgan fingerprint density at radius 2 is 1.59 bits per heavy atom. The van der Waals surface area contributed by atoms with Crippen LogP contribution in [0.4, 0.5) is 32.0 Å². The number of hydrogen-bond donors (Lipinski definition) is 0. The van der Waals surface area contributed by atoms with Crippen LogP contribution < -0.4 is 4.90 Å². The van der Waals surface area contributed by atoms with Gasteiger partial charge in [0.1, 0.15) is 5.56 Å². The minimum atomic E-state index is -5.30. The van der Waals surface area contributed by atoms with Crippen LogP contribution >= 0.6 is 0 Å². The quantitative estimate of drug-likeness (QED) is 0.298. The molecule has 1 rings (SSSR count). The van der Waals surface area contributed by atoms with Gasteiger partial charge in [0.15, 0.2) is 17.5 Å². The number of nitrogens with zero attached hydrogens (tertiary/aromatic N) is 1. The number of alkyl halides is 3. The molecule has 0 spiro atoms. The zero-order chi connectivity index (χ0) is 20.8. The van der Waals surface area contributed by atoms with Gasteiger partial charge >= 0.3 is 6.18 Å². The van der Waals surface area contributed by atoms with Crippen molar-refractivity contribution < 1.29 is 26.3 Å². The van der Waals surface area contributed by atoms with E-state index < -0.39 is 34.9 Å². The van der Waals surface area contributed by atoms with Gasteiger partial charge in [0.2, 0.25) is 0 Å². The van der Waals surface area contributed by atoms with E-state index in [0.29, 0.717) is 12.0 Å². The summed E-state index contributed by atoms with van der Waals surface area (Å²) in [5.74, 6) is -4.98. The Morgan fingerprint density at radius 3 is 2.07 bits per heavy atom. The number of halogens is 6. The normalized spacial score (nSPS) is 14.3. The van der Waals surface area contributed by atoms with Gasteiger partial charge in [-0.1, -0.05) is 46.5 Å². The Labute approximate surface area is 157 Å². The molecule has 0 saturated carbocycles. The predicted octanol–water partition coefficient (Wildman–Crippen LogP) is 7.19. The van der Waals surface area contributed by atoms with E-state index in [4.69, 9.17) is 0 Å². The number of anilines is 1. The summed E-state index contributed by atoms with van der Waals surface area (Å²) in [5.41, 5.74) is -2.71. The molecule has 0 saturated heterocycles. The molecule has 1 aromatic rings. The summed E-state index contributed by atoms with van der Waals surface area (Å²) in [4.78, 5) is 1.35. The fourth-order valence-electron chi connectivity index (χ4n) is 3.42. The summed E-state index contributed by atoms with van der Waals surface area (Å²) in [5, 5.41) is 0. The van der Waals surface area contributed by atoms with Crippen molar-refractivity contribution >= 4 is 5.69 Å². The molecule has 0 N–H and O–H groups in total. The molecular formula is C20H29F6N. The Balaban J connectivity index is 3.00. The van der Waals surface area contributed by atoms with Gasteiger partial charge in [-0.05, 0) is 25.2 Å². The third-order valence-electron chi connectivity index (χ3n) is 5.02. The van der Waals surface area contributed by atoms with Gasteiger partial charge in [-0.25, -0.2) is 13.2 Å². The van der Waals surface area contributed by atoms with Crippen molar-refractivity contribution in [3.05, 3.63) is 29.1 Å². The van der Waals surface area contributed by atoms with Crippen LogP contribution in [0.5, 0.6) is 0 Å². The summed E-state index contributed by atoms with van der Waals surface area (Å²) in [6.45, 7) is 8.29. The van der Waals surface area contributed by atoms with Crippen molar-refractivity contribution in [1.29, 1.82) is 0 Å². The van der Waals surface area contributed by atoms with Crippen LogP contribution in [0.15, 0.2) is 6.07 Å². The van der Waals surface area contributed by atoms with E-state index in [9.17, 15) is 26.3 Å². The molecule has 0 fully saturated rings. The molecule has 1 nitrogen and oxygen atoms in total. The second kappa shape index (κ2) is 10.2. The summed E-state index contributed by atoms with van der Waals surface area (Å²) >= 11 is 0. The van der Waals surface area contributed by atoms with E-state index in [1.807, 2.05) is 6.92 Å². The predicted molar refractivity (Wildman–Crippen MR) is 96.3 cm³/mol. The van der Waals surface area contributed by atoms with Crippen molar-refractivity contribution in [2.75, 3.05) is 18.0 Å². The van der Waals surface area contributed by atoms with E-state index in [1.54, 1.807) is 6.92 Å². The van der Waals surface area contributed by atoms with Crippen molar-refractivity contribution in [3.8, 4) is 0 Å². The van der Waals surface area contributed by atoms with Crippen LogP contribution in [0, 0.1) is 29.3 Å². The van der Waals surface area contributed by atoms with Crippen molar-refractivity contribution in [1.82, 2.24) is 0 Å². The van der Waals surface area contributed by atoms with E-state index in [0.717, 1.165) is 32.1 Å². The molecular weight excluding hydrogens is 368 g/mol. The van der Waals surface area contributed by atoms with Crippen LogP contribution in [0.2, 0.25) is 0 Å². The number of benzene rings is 1. The largest absolute Gasteiger partial charge is 0.422 e. The highest BCUT2D eigenvalue weighted by atomic mass is 19.4. The topological polar surface area (TPSA) is 3.24 Å². The smallest absolute Gasteiger partial charge is 0.369 e. The van der Waals surface area contributed by atoms with Gasteiger partial charge in [0, 0.05) is 19.2 Å². The molecule has 0 aliphatic heterocycles. The first-order valence-electron chi connectivity index (χ1n) is 9.56. The maximum absolute atomic E-state index is 14.4. The summed E-state index contributed by atoms with van der Waals surface area (Å²) in [6, 6.07) is 0.516. The van der Waals surface area contributed by atoms with Gasteiger partial charge in [-0.3, -0.25) is 0 Å². The molecule has 1 aromatic carbocycles. The average molecular weight is 397 g/mol. The van der Waals surface area contributed by atoms with Crippen LogP contribution in [0.3, 0.4) is 0 Å². The molecule has 0 aliphatic carbocycles. The Kier molecular flexibility index (Phi) is 8.95. The number of rotatable bonds is 10. The van der Waals surface area contributed by atoms with Gasteiger partial charge in [-0.15, -0.1) is 0 Å². The second-order valence-electron chi connectivity index (χ2n) is 7.16. The highest BCUT2D eigenvalue weighted by Crippen LogP contribution is 2.38. The Bertz CT molecular complexity index is 599.